The van der Waals surface area contributed by atoms with Gasteiger partial charge in [-0.2, -0.15) is 0 Å². The number of halogens is 2. The number of nitrogens with zero attached hydrogens (tertiary/aromatic N) is 3. The molecule has 3 heterocycles. The molecule has 5 atom stereocenters. The quantitative estimate of drug-likeness (QED) is 0.282. The first kappa shape index (κ1) is 40.2. The Hall–Kier alpha value is -4.45. The number of alkyl halides is 1. The van der Waals surface area contributed by atoms with Crippen LogP contribution in [0.4, 0.5) is 14.0 Å². The van der Waals surface area contributed by atoms with Gasteiger partial charge in [-0.1, -0.05) is 24.3 Å². The van der Waals surface area contributed by atoms with Crippen molar-refractivity contribution in [2.45, 2.75) is 107 Å². The highest BCUT2D eigenvalue weighted by molar-refractivity contribution is 7.91. The molecule has 0 bridgehead atoms. The molecule has 5 aliphatic rings. The van der Waals surface area contributed by atoms with Crippen molar-refractivity contribution in [3.05, 3.63) is 47.3 Å². The second-order valence-corrected chi connectivity index (χ2v) is 17.9. The summed E-state index contributed by atoms with van der Waals surface area (Å²) in [5.74, 6) is -4.53. The van der Waals surface area contributed by atoms with Crippen LogP contribution in [0.1, 0.15) is 70.4 Å². The zero-order chi connectivity index (χ0) is 39.9. The number of hydrogen-bond donors (Lipinski definition) is 3. The van der Waals surface area contributed by atoms with E-state index in [9.17, 15) is 41.6 Å². The summed E-state index contributed by atoms with van der Waals surface area (Å²) < 4.78 is 53.4. The van der Waals surface area contributed by atoms with Crippen LogP contribution in [-0.2, 0) is 51.8 Å². The number of carbonyl (C=O) groups is 6. The van der Waals surface area contributed by atoms with Crippen molar-refractivity contribution < 1.29 is 51.0 Å². The fourth-order valence-electron chi connectivity index (χ4n) is 7.19. The van der Waals surface area contributed by atoms with Crippen molar-refractivity contribution in [1.29, 1.82) is 0 Å². The maximum absolute atomic E-state index is 14.6. The van der Waals surface area contributed by atoms with Crippen LogP contribution in [0.2, 0.25) is 0 Å². The molecule has 3 N–H and O–H groups in total. The van der Waals surface area contributed by atoms with Crippen molar-refractivity contribution in [3.8, 4) is 0 Å². The minimum atomic E-state index is -3.98. The summed E-state index contributed by atoms with van der Waals surface area (Å²) in [4.78, 5) is 85.8. The molecule has 6 rings (SSSR count). The summed E-state index contributed by atoms with van der Waals surface area (Å²) in [6.45, 7) is 4.37. The van der Waals surface area contributed by atoms with E-state index in [0.29, 0.717) is 36.8 Å². The Bertz CT molecular complexity index is 1890. The minimum absolute atomic E-state index is 0.0528. The molecule has 3 fully saturated rings. The van der Waals surface area contributed by atoms with Gasteiger partial charge in [0.25, 0.3) is 5.91 Å². The summed E-state index contributed by atoms with van der Waals surface area (Å²) in [6, 6.07) is 1.68. The number of alkyl carbamates (subject to hydrolysis) is 1. The molecule has 1 saturated heterocycles. The Morgan fingerprint density at radius 1 is 1.09 bits per heavy atom. The maximum Gasteiger partial charge on any atom is 0.410 e. The third-order valence-electron chi connectivity index (χ3n) is 10.3. The van der Waals surface area contributed by atoms with Crippen LogP contribution in [0.25, 0.3) is 0 Å². The highest BCUT2D eigenvalue weighted by atomic mass is 35.5. The van der Waals surface area contributed by atoms with E-state index in [0.717, 1.165) is 4.90 Å². The fraction of sp³-hybridized carbons (Fsp3) is 0.611. The van der Waals surface area contributed by atoms with Crippen molar-refractivity contribution in [1.82, 2.24) is 30.1 Å². The molecule has 3 aliphatic heterocycles. The predicted octanol–water partition coefficient (Wildman–Crippen LogP) is 2.04. The highest BCUT2D eigenvalue weighted by Crippen LogP contribution is 2.46. The van der Waals surface area contributed by atoms with Gasteiger partial charge in [-0.3, -0.25) is 28.8 Å². The van der Waals surface area contributed by atoms with E-state index >= 15 is 0 Å². The van der Waals surface area contributed by atoms with E-state index in [1.54, 1.807) is 39.0 Å². The topological polar surface area (TPSA) is 201 Å². The highest BCUT2D eigenvalue weighted by Gasteiger charge is 2.62. The van der Waals surface area contributed by atoms with Gasteiger partial charge in [0.1, 0.15) is 41.0 Å². The zero-order valence-corrected chi connectivity index (χ0v) is 32.4. The Kier molecular flexibility index (Phi) is 11.4. The van der Waals surface area contributed by atoms with Crippen LogP contribution in [-0.4, -0.2) is 119 Å². The first-order chi connectivity index (χ1) is 25.9. The Balaban J connectivity index is 1.31. The molecule has 0 aromatic heterocycles. The van der Waals surface area contributed by atoms with Crippen LogP contribution in [0.5, 0.6) is 0 Å². The first-order valence-electron chi connectivity index (χ1n) is 18.3. The predicted molar refractivity (Wildman–Crippen MR) is 194 cm³/mol. The van der Waals surface area contributed by atoms with Gasteiger partial charge in [-0.25, -0.2) is 22.4 Å². The molecule has 16 nitrogen and oxygen atoms in total. The summed E-state index contributed by atoms with van der Waals surface area (Å²) in [7, 11) is -3.98. The molecule has 55 heavy (non-hydrogen) atoms. The molecule has 0 radical (unpaired) electrons. The number of allylic oxidation sites excluding steroid dienone is 1. The Labute approximate surface area is 323 Å². The molecule has 300 valence electrons. The third kappa shape index (κ3) is 9.17. The lowest BCUT2D eigenvalue weighted by molar-refractivity contribution is -0.142. The number of benzene rings is 1. The molecule has 6 amide bonds. The maximum atomic E-state index is 14.6. The van der Waals surface area contributed by atoms with E-state index < -0.39 is 98.0 Å². The van der Waals surface area contributed by atoms with E-state index in [2.05, 4.69) is 15.4 Å². The van der Waals surface area contributed by atoms with Gasteiger partial charge in [0.2, 0.25) is 27.7 Å². The number of rotatable bonds is 6. The molecule has 1 aromatic rings. The molecular weight excluding hydrogens is 763 g/mol. The summed E-state index contributed by atoms with van der Waals surface area (Å²) in [6.07, 6.45) is 2.10. The minimum Gasteiger partial charge on any atom is -0.444 e. The lowest BCUT2D eigenvalue weighted by atomic mass is 10.1. The van der Waals surface area contributed by atoms with Gasteiger partial charge in [-0.05, 0) is 64.5 Å². The van der Waals surface area contributed by atoms with Crippen LogP contribution >= 0.6 is 11.6 Å². The number of hydrogen-bond acceptors (Lipinski definition) is 10. The number of carbonyl (C=O) groups excluding carboxylic acids is 6. The van der Waals surface area contributed by atoms with Crippen LogP contribution in [0.3, 0.4) is 0 Å². The molecule has 2 saturated carbocycles. The average Bonchev–Trinajstić information content (AvgIpc) is 3.99. The summed E-state index contributed by atoms with van der Waals surface area (Å²) >= 11 is 5.94. The number of ether oxygens (including phenoxy) is 2. The monoisotopic (exact) mass is 808 g/mol. The second kappa shape index (κ2) is 15.6. The lowest BCUT2D eigenvalue weighted by Crippen LogP contribution is -2.60. The van der Waals surface area contributed by atoms with E-state index in [1.807, 2.05) is 0 Å². The Morgan fingerprint density at radius 3 is 2.51 bits per heavy atom. The fourth-order valence-corrected chi connectivity index (χ4v) is 8.72. The van der Waals surface area contributed by atoms with Crippen molar-refractivity contribution in [2.75, 3.05) is 25.5 Å². The Morgan fingerprint density at radius 2 is 1.84 bits per heavy atom. The number of amides is 6. The molecule has 1 aromatic carbocycles. The standard InChI is InChI=1S/C36H46ClFN6O10S/c1-35(2,3)54-33(49)39-27-20-42(29(45)16-37)13-6-4-5-9-22-15-36(22,32(48)41-55(51,52)24-11-12-24)40-30(46)28-14-23(18-44(28)31(27)47)53-34(50)43-17-21-8-7-10-26(38)25(21)19-43/h5,7-10,22-24,27-28H,4,6,11-20H2,1-3H3,(H,39,49)(H,40,46)(H,41,48)/b9-5-/t22-,23?,27-,28-,36+/m0/s1. The smallest absolute Gasteiger partial charge is 0.410 e. The van der Waals surface area contributed by atoms with Crippen LogP contribution in [0, 0.1) is 11.7 Å². The van der Waals surface area contributed by atoms with Gasteiger partial charge in [0, 0.05) is 31.0 Å². The molecule has 1 unspecified atom stereocenters. The summed E-state index contributed by atoms with van der Waals surface area (Å²) in [5, 5.41) is 4.57. The first-order valence-corrected chi connectivity index (χ1v) is 20.4. The van der Waals surface area contributed by atoms with E-state index in [-0.39, 0.29) is 45.6 Å². The molecular formula is C36H46ClFN6O10S. The molecule has 0 spiro atoms. The van der Waals surface area contributed by atoms with E-state index in [4.69, 9.17) is 21.1 Å². The third-order valence-corrected chi connectivity index (χ3v) is 12.3. The van der Waals surface area contributed by atoms with Gasteiger partial charge in [0.05, 0.1) is 24.9 Å². The van der Waals surface area contributed by atoms with Gasteiger partial charge < -0.3 is 29.9 Å². The SMILES string of the molecule is CC(C)(C)OC(=O)N[C@H]1CN(C(=O)CCl)CCC/C=C\[C@H]2C[C@@]2(C(=O)NS(=O)(=O)C2CC2)NC(=O)[C@@H]2CC(OC(=O)N3Cc4cccc(F)c4C3)CN2C1=O. The van der Waals surface area contributed by atoms with E-state index in [1.165, 1.54) is 21.9 Å². The van der Waals surface area contributed by atoms with Crippen molar-refractivity contribution in [2.24, 2.45) is 5.92 Å². The number of nitrogens with one attached hydrogen (secondary N) is 3. The molecule has 19 heteroatoms. The second-order valence-electron chi connectivity index (χ2n) is 15.7. The van der Waals surface area contributed by atoms with Gasteiger partial charge in [-0.15, -0.1) is 11.6 Å². The van der Waals surface area contributed by atoms with Gasteiger partial charge >= 0.3 is 12.2 Å². The normalized spacial score (nSPS) is 27.7. The lowest BCUT2D eigenvalue weighted by Gasteiger charge is -2.33. The van der Waals surface area contributed by atoms with Gasteiger partial charge in [0.15, 0.2) is 0 Å². The van der Waals surface area contributed by atoms with Crippen LogP contribution < -0.4 is 15.4 Å². The van der Waals surface area contributed by atoms with Crippen LogP contribution in [0.15, 0.2) is 30.4 Å². The largest absolute Gasteiger partial charge is 0.444 e. The number of fused-ring (bicyclic) bond motifs is 3. The zero-order valence-electron chi connectivity index (χ0n) is 30.8. The average molecular weight is 809 g/mol. The van der Waals surface area contributed by atoms with Crippen molar-refractivity contribution >= 4 is 57.4 Å². The molecule has 2 aliphatic carbocycles. The summed E-state index contributed by atoms with van der Waals surface area (Å²) in [5.41, 5.74) is -1.65. The van der Waals surface area contributed by atoms with Crippen molar-refractivity contribution in [3.63, 3.8) is 0 Å². The number of sulfonamides is 1.